The standard InChI is InChI=1S/C8H10O2Se/c1-3-10-8(9)7-5-4-6(2)11-7/h4-5H,3H2,1-2H3. The van der Waals surface area contributed by atoms with Gasteiger partial charge in [0, 0.05) is 0 Å². The van der Waals surface area contributed by atoms with Crippen LogP contribution >= 0.6 is 0 Å². The van der Waals surface area contributed by atoms with Gasteiger partial charge in [0.1, 0.15) is 0 Å². The molecule has 2 nitrogen and oxygen atoms in total. The molecule has 0 aliphatic heterocycles. The van der Waals surface area contributed by atoms with E-state index < -0.39 is 0 Å². The van der Waals surface area contributed by atoms with Crippen LogP contribution in [0.15, 0.2) is 12.1 Å². The molecule has 1 aromatic rings. The fourth-order valence-electron chi connectivity index (χ4n) is 0.746. The number of hydrogen-bond donors (Lipinski definition) is 0. The van der Waals surface area contributed by atoms with Crippen molar-refractivity contribution >= 4 is 20.5 Å². The van der Waals surface area contributed by atoms with Crippen LogP contribution in [0.1, 0.15) is 20.6 Å². The summed E-state index contributed by atoms with van der Waals surface area (Å²) in [5.41, 5.74) is 0. The zero-order valence-electron chi connectivity index (χ0n) is 6.59. The molecule has 0 amide bonds. The minimum absolute atomic E-state index is 0.152. The summed E-state index contributed by atoms with van der Waals surface area (Å²) in [5, 5.41) is 0. The van der Waals surface area contributed by atoms with Gasteiger partial charge in [-0.25, -0.2) is 0 Å². The van der Waals surface area contributed by atoms with E-state index in [-0.39, 0.29) is 20.5 Å². The number of rotatable bonds is 2. The van der Waals surface area contributed by atoms with E-state index in [2.05, 4.69) is 0 Å². The quantitative estimate of drug-likeness (QED) is 0.550. The average Bonchev–Trinajstić information content (AvgIpc) is 2.36. The molecular weight excluding hydrogens is 207 g/mol. The van der Waals surface area contributed by atoms with E-state index in [1.165, 1.54) is 4.44 Å². The molecule has 0 saturated heterocycles. The molecule has 0 unspecified atom stereocenters. The Labute approximate surface area is 71.9 Å². The molecule has 0 aromatic carbocycles. The van der Waals surface area contributed by atoms with E-state index in [1.54, 1.807) is 0 Å². The summed E-state index contributed by atoms with van der Waals surface area (Å²) in [6, 6.07) is 3.83. The first-order chi connectivity index (χ1) is 5.24. The Morgan fingerprint density at radius 1 is 1.64 bits per heavy atom. The molecule has 0 aliphatic rings. The van der Waals surface area contributed by atoms with Gasteiger partial charge in [-0.05, 0) is 0 Å². The summed E-state index contributed by atoms with van der Waals surface area (Å²) < 4.78 is 6.96. The third kappa shape index (κ3) is 2.21. The van der Waals surface area contributed by atoms with Crippen molar-refractivity contribution in [3.63, 3.8) is 0 Å². The number of hydrogen-bond acceptors (Lipinski definition) is 2. The predicted octanol–water partition coefficient (Wildman–Crippen LogP) is 1.23. The van der Waals surface area contributed by atoms with Crippen LogP contribution < -0.4 is 0 Å². The molecule has 0 fully saturated rings. The van der Waals surface area contributed by atoms with E-state index >= 15 is 0 Å². The van der Waals surface area contributed by atoms with Crippen molar-refractivity contribution in [1.82, 2.24) is 0 Å². The van der Waals surface area contributed by atoms with E-state index in [4.69, 9.17) is 4.74 Å². The van der Waals surface area contributed by atoms with Crippen molar-refractivity contribution in [2.45, 2.75) is 13.8 Å². The van der Waals surface area contributed by atoms with Gasteiger partial charge in [-0.1, -0.05) is 0 Å². The van der Waals surface area contributed by atoms with Gasteiger partial charge in [-0.2, -0.15) is 0 Å². The zero-order valence-corrected chi connectivity index (χ0v) is 8.30. The van der Waals surface area contributed by atoms with Gasteiger partial charge in [0.05, 0.1) is 0 Å². The van der Waals surface area contributed by atoms with Crippen LogP contribution in [0.3, 0.4) is 0 Å². The van der Waals surface area contributed by atoms with E-state index in [9.17, 15) is 4.79 Å². The molecule has 0 radical (unpaired) electrons. The molecular formula is C8H10O2Se. The Hall–Kier alpha value is -0.531. The van der Waals surface area contributed by atoms with Crippen LogP contribution in [0, 0.1) is 6.92 Å². The Balaban J connectivity index is 2.69. The molecule has 0 N–H and O–H groups in total. The third-order valence-corrected chi connectivity index (χ3v) is 3.27. The van der Waals surface area contributed by atoms with E-state index in [0.29, 0.717) is 6.61 Å². The van der Waals surface area contributed by atoms with Gasteiger partial charge in [0.2, 0.25) is 0 Å². The molecule has 11 heavy (non-hydrogen) atoms. The zero-order chi connectivity index (χ0) is 8.27. The van der Waals surface area contributed by atoms with Crippen molar-refractivity contribution in [3.05, 3.63) is 21.0 Å². The van der Waals surface area contributed by atoms with Gasteiger partial charge in [0.25, 0.3) is 0 Å². The predicted molar refractivity (Wildman–Crippen MR) is 44.1 cm³/mol. The normalized spacial score (nSPS) is 9.64. The van der Waals surface area contributed by atoms with Crippen molar-refractivity contribution < 1.29 is 9.53 Å². The van der Waals surface area contributed by atoms with Crippen LogP contribution in [0.5, 0.6) is 0 Å². The number of aryl methyl sites for hydroxylation is 1. The van der Waals surface area contributed by atoms with Crippen molar-refractivity contribution in [2.24, 2.45) is 0 Å². The second-order valence-corrected chi connectivity index (χ2v) is 4.83. The van der Waals surface area contributed by atoms with Crippen LogP contribution in [0.25, 0.3) is 0 Å². The number of carbonyl (C=O) groups excluding carboxylic acids is 1. The van der Waals surface area contributed by atoms with Crippen LogP contribution in [0.4, 0.5) is 0 Å². The number of carbonyl (C=O) groups is 1. The summed E-state index contributed by atoms with van der Waals surface area (Å²) in [4.78, 5) is 11.1. The Morgan fingerprint density at radius 2 is 2.36 bits per heavy atom. The van der Waals surface area contributed by atoms with Gasteiger partial charge in [-0.3, -0.25) is 0 Å². The Kier molecular flexibility index (Phi) is 2.92. The maximum absolute atomic E-state index is 11.1. The van der Waals surface area contributed by atoms with Crippen molar-refractivity contribution in [2.75, 3.05) is 6.61 Å². The van der Waals surface area contributed by atoms with Crippen LogP contribution in [0.2, 0.25) is 0 Å². The molecule has 0 spiro atoms. The van der Waals surface area contributed by atoms with Crippen molar-refractivity contribution in [1.29, 1.82) is 0 Å². The molecule has 60 valence electrons. The third-order valence-electron chi connectivity index (χ3n) is 1.22. The first-order valence-corrected chi connectivity index (χ1v) is 5.19. The van der Waals surface area contributed by atoms with Crippen LogP contribution in [-0.2, 0) is 4.74 Å². The first kappa shape index (κ1) is 8.56. The second-order valence-electron chi connectivity index (χ2n) is 2.13. The first-order valence-electron chi connectivity index (χ1n) is 3.47. The molecule has 0 aliphatic carbocycles. The molecule has 0 bridgehead atoms. The molecule has 1 heterocycles. The topological polar surface area (TPSA) is 26.3 Å². The molecule has 3 heteroatoms. The maximum atomic E-state index is 11.1. The fraction of sp³-hybridized carbons (Fsp3) is 0.375. The molecule has 0 saturated carbocycles. The Bertz CT molecular complexity index is 252. The average molecular weight is 217 g/mol. The molecule has 0 atom stereocenters. The van der Waals surface area contributed by atoms with E-state index in [1.807, 2.05) is 26.0 Å². The number of esters is 1. The van der Waals surface area contributed by atoms with E-state index in [0.717, 1.165) is 4.44 Å². The van der Waals surface area contributed by atoms with Gasteiger partial charge < -0.3 is 0 Å². The second kappa shape index (κ2) is 3.74. The van der Waals surface area contributed by atoms with Gasteiger partial charge >= 0.3 is 71.5 Å². The Morgan fingerprint density at radius 3 is 2.82 bits per heavy atom. The molecule has 1 aromatic heterocycles. The summed E-state index contributed by atoms with van der Waals surface area (Å²) in [7, 11) is 0. The summed E-state index contributed by atoms with van der Waals surface area (Å²) in [6.45, 7) is 4.31. The van der Waals surface area contributed by atoms with Crippen molar-refractivity contribution in [3.8, 4) is 0 Å². The summed E-state index contributed by atoms with van der Waals surface area (Å²) in [5.74, 6) is -0.152. The summed E-state index contributed by atoms with van der Waals surface area (Å²) in [6.07, 6.45) is 0. The van der Waals surface area contributed by atoms with Gasteiger partial charge in [0.15, 0.2) is 0 Å². The number of ether oxygens (including phenoxy) is 1. The monoisotopic (exact) mass is 218 g/mol. The van der Waals surface area contributed by atoms with Gasteiger partial charge in [-0.15, -0.1) is 0 Å². The summed E-state index contributed by atoms with van der Waals surface area (Å²) >= 11 is 0.215. The molecule has 1 rings (SSSR count). The fourth-order valence-corrected chi connectivity index (χ4v) is 2.34. The SMILES string of the molecule is CCOC(=O)c1ccc(C)[se]1. The van der Waals surface area contributed by atoms with Crippen LogP contribution in [-0.4, -0.2) is 27.1 Å². The minimum atomic E-state index is -0.152.